The lowest BCUT2D eigenvalue weighted by Gasteiger charge is -2.14. The van der Waals surface area contributed by atoms with Gasteiger partial charge < -0.3 is 5.32 Å². The van der Waals surface area contributed by atoms with Gasteiger partial charge in [0, 0.05) is 5.69 Å². The fraction of sp³-hybridized carbons (Fsp3) is 0.286. The number of benzene rings is 2. The van der Waals surface area contributed by atoms with Gasteiger partial charge in [0.15, 0.2) is 5.92 Å². The highest BCUT2D eigenvalue weighted by Crippen LogP contribution is 2.25. The maximum atomic E-state index is 12.7. The molecule has 1 heterocycles. The van der Waals surface area contributed by atoms with Gasteiger partial charge in [-0.05, 0) is 49.6 Å². The third-order valence-electron chi connectivity index (χ3n) is 4.41. The number of amides is 2. The van der Waals surface area contributed by atoms with E-state index in [4.69, 9.17) is 0 Å². The average Bonchev–Trinajstić information content (AvgIpc) is 2.95. The van der Waals surface area contributed by atoms with E-state index in [0.29, 0.717) is 17.1 Å². The fourth-order valence-electron chi connectivity index (χ4n) is 3.02. The van der Waals surface area contributed by atoms with Crippen LogP contribution in [-0.4, -0.2) is 17.5 Å². The van der Waals surface area contributed by atoms with Crippen LogP contribution in [0.15, 0.2) is 59.7 Å². The van der Waals surface area contributed by atoms with Gasteiger partial charge >= 0.3 is 0 Å². The Labute approximate surface area is 153 Å². The Hall–Kier alpha value is -2.95. The lowest BCUT2D eigenvalue weighted by Crippen LogP contribution is -2.36. The Morgan fingerprint density at radius 1 is 1.15 bits per heavy atom. The SMILES string of the molecule is CCCCc1cccc(NC(=O)C2C(=O)N(c3ccccc3)N=C2C)c1. The number of anilines is 2. The third kappa shape index (κ3) is 3.82. The highest BCUT2D eigenvalue weighted by atomic mass is 16.2. The standard InChI is InChI=1S/C21H23N3O2/c1-3-4-9-16-10-8-11-17(14-16)22-20(25)19-15(2)23-24(21(19)26)18-12-6-5-7-13-18/h5-8,10-14,19H,3-4,9H2,1-2H3,(H,22,25). The number of nitrogens with zero attached hydrogens (tertiary/aromatic N) is 2. The van der Waals surface area contributed by atoms with E-state index in [1.165, 1.54) is 10.6 Å². The maximum Gasteiger partial charge on any atom is 0.265 e. The minimum atomic E-state index is -0.894. The second-order valence-corrected chi connectivity index (χ2v) is 6.45. The normalized spacial score (nSPS) is 16.5. The highest BCUT2D eigenvalue weighted by molar-refractivity contribution is 6.28. The molecule has 0 aliphatic carbocycles. The smallest absolute Gasteiger partial charge is 0.265 e. The van der Waals surface area contributed by atoms with Crippen molar-refractivity contribution in [2.75, 3.05) is 10.3 Å². The average molecular weight is 349 g/mol. The molecule has 1 N–H and O–H groups in total. The molecule has 1 aliphatic rings. The van der Waals surface area contributed by atoms with E-state index in [-0.39, 0.29) is 11.8 Å². The van der Waals surface area contributed by atoms with E-state index in [1.807, 2.05) is 36.4 Å². The summed E-state index contributed by atoms with van der Waals surface area (Å²) < 4.78 is 0. The lowest BCUT2D eigenvalue weighted by molar-refractivity contribution is -0.127. The molecule has 0 spiro atoms. The molecule has 2 aromatic rings. The van der Waals surface area contributed by atoms with Gasteiger partial charge in [0.25, 0.3) is 5.91 Å². The van der Waals surface area contributed by atoms with Gasteiger partial charge in [-0.3, -0.25) is 9.59 Å². The molecule has 0 bridgehead atoms. The van der Waals surface area contributed by atoms with Crippen molar-refractivity contribution in [1.82, 2.24) is 0 Å². The fourth-order valence-corrected chi connectivity index (χ4v) is 3.02. The molecule has 1 aliphatic heterocycles. The Morgan fingerprint density at radius 2 is 1.92 bits per heavy atom. The predicted molar refractivity (Wildman–Crippen MR) is 104 cm³/mol. The van der Waals surface area contributed by atoms with Crippen molar-refractivity contribution >= 4 is 28.9 Å². The number of hydrogen-bond donors (Lipinski definition) is 1. The monoisotopic (exact) mass is 349 g/mol. The van der Waals surface area contributed by atoms with Crippen molar-refractivity contribution in [1.29, 1.82) is 0 Å². The number of unbranched alkanes of at least 4 members (excludes halogenated alkanes) is 1. The molecule has 0 saturated carbocycles. The van der Waals surface area contributed by atoms with Crippen LogP contribution in [0.1, 0.15) is 32.3 Å². The van der Waals surface area contributed by atoms with Gasteiger partial charge in [-0.2, -0.15) is 10.1 Å². The Kier molecular flexibility index (Phi) is 5.46. The molecular weight excluding hydrogens is 326 g/mol. The van der Waals surface area contributed by atoms with E-state index in [1.54, 1.807) is 19.1 Å². The van der Waals surface area contributed by atoms with Crippen LogP contribution in [0, 0.1) is 5.92 Å². The number of rotatable bonds is 6. The molecule has 0 radical (unpaired) electrons. The van der Waals surface area contributed by atoms with Crippen LogP contribution in [0.3, 0.4) is 0 Å². The van der Waals surface area contributed by atoms with Crippen LogP contribution in [0.25, 0.3) is 0 Å². The number of nitrogens with one attached hydrogen (secondary N) is 1. The van der Waals surface area contributed by atoms with E-state index < -0.39 is 5.92 Å². The second kappa shape index (κ2) is 7.95. The quantitative estimate of drug-likeness (QED) is 0.801. The lowest BCUT2D eigenvalue weighted by atomic mass is 10.0. The van der Waals surface area contributed by atoms with Gasteiger partial charge in [0.2, 0.25) is 5.91 Å². The van der Waals surface area contributed by atoms with Crippen molar-refractivity contribution in [2.45, 2.75) is 33.1 Å². The topological polar surface area (TPSA) is 61.8 Å². The van der Waals surface area contributed by atoms with E-state index in [0.717, 1.165) is 19.3 Å². The minimum Gasteiger partial charge on any atom is -0.325 e. The molecular formula is C21H23N3O2. The zero-order valence-electron chi connectivity index (χ0n) is 15.1. The summed E-state index contributed by atoms with van der Waals surface area (Å²) in [5.74, 6) is -1.56. The van der Waals surface area contributed by atoms with Gasteiger partial charge in [-0.25, -0.2) is 0 Å². The molecule has 1 unspecified atom stereocenters. The molecule has 1 atom stereocenters. The molecule has 2 amide bonds. The summed E-state index contributed by atoms with van der Waals surface area (Å²) >= 11 is 0. The van der Waals surface area contributed by atoms with Gasteiger partial charge in [0.1, 0.15) is 0 Å². The highest BCUT2D eigenvalue weighted by Gasteiger charge is 2.39. The summed E-state index contributed by atoms with van der Waals surface area (Å²) in [6, 6.07) is 16.9. The van der Waals surface area contributed by atoms with Crippen LogP contribution < -0.4 is 10.3 Å². The predicted octanol–water partition coefficient (Wildman–Crippen LogP) is 4.01. The molecule has 2 aromatic carbocycles. The molecule has 0 fully saturated rings. The molecule has 0 aromatic heterocycles. The van der Waals surface area contributed by atoms with Crippen LogP contribution >= 0.6 is 0 Å². The van der Waals surface area contributed by atoms with Crippen molar-refractivity contribution < 1.29 is 9.59 Å². The summed E-state index contributed by atoms with van der Waals surface area (Å²) in [5.41, 5.74) is 3.05. The summed E-state index contributed by atoms with van der Waals surface area (Å²) in [5, 5.41) is 8.45. The first-order valence-electron chi connectivity index (χ1n) is 8.94. The first-order valence-corrected chi connectivity index (χ1v) is 8.94. The van der Waals surface area contributed by atoms with Crippen LogP contribution in [0.2, 0.25) is 0 Å². The first kappa shape index (κ1) is 17.9. The van der Waals surface area contributed by atoms with Crippen LogP contribution in [0.4, 0.5) is 11.4 Å². The Morgan fingerprint density at radius 3 is 2.65 bits per heavy atom. The first-order chi connectivity index (χ1) is 12.6. The Bertz CT molecular complexity index is 830. The van der Waals surface area contributed by atoms with Crippen LogP contribution in [-0.2, 0) is 16.0 Å². The third-order valence-corrected chi connectivity index (χ3v) is 4.41. The van der Waals surface area contributed by atoms with Crippen LogP contribution in [0.5, 0.6) is 0 Å². The van der Waals surface area contributed by atoms with Crippen molar-refractivity contribution in [2.24, 2.45) is 11.0 Å². The number of aryl methyl sites for hydroxylation is 1. The zero-order chi connectivity index (χ0) is 18.5. The van der Waals surface area contributed by atoms with Crippen molar-refractivity contribution in [3.63, 3.8) is 0 Å². The molecule has 5 heteroatoms. The summed E-state index contributed by atoms with van der Waals surface area (Å²) in [6.07, 6.45) is 3.21. The largest absolute Gasteiger partial charge is 0.325 e. The van der Waals surface area contributed by atoms with Crippen molar-refractivity contribution in [3.05, 3.63) is 60.2 Å². The maximum absolute atomic E-state index is 12.7. The number of carbonyl (C=O) groups is 2. The number of hydrazone groups is 1. The molecule has 26 heavy (non-hydrogen) atoms. The van der Waals surface area contributed by atoms with Gasteiger partial charge in [-0.1, -0.05) is 43.7 Å². The zero-order valence-corrected chi connectivity index (χ0v) is 15.1. The summed E-state index contributed by atoms with van der Waals surface area (Å²) in [6.45, 7) is 3.86. The van der Waals surface area contributed by atoms with E-state index in [9.17, 15) is 9.59 Å². The summed E-state index contributed by atoms with van der Waals surface area (Å²) in [7, 11) is 0. The van der Waals surface area contributed by atoms with Gasteiger partial charge in [0.05, 0.1) is 11.4 Å². The number of hydrogen-bond acceptors (Lipinski definition) is 3. The molecule has 0 saturated heterocycles. The molecule has 134 valence electrons. The molecule has 5 nitrogen and oxygen atoms in total. The van der Waals surface area contributed by atoms with E-state index >= 15 is 0 Å². The Balaban J connectivity index is 1.72. The minimum absolute atomic E-state index is 0.326. The second-order valence-electron chi connectivity index (χ2n) is 6.45. The van der Waals surface area contributed by atoms with E-state index in [2.05, 4.69) is 23.4 Å². The number of carbonyl (C=O) groups excluding carboxylic acids is 2. The van der Waals surface area contributed by atoms with Crippen molar-refractivity contribution in [3.8, 4) is 0 Å². The molecule has 3 rings (SSSR count). The van der Waals surface area contributed by atoms with Gasteiger partial charge in [-0.15, -0.1) is 0 Å². The summed E-state index contributed by atoms with van der Waals surface area (Å²) in [4.78, 5) is 25.4. The number of para-hydroxylation sites is 1.